The minimum absolute atomic E-state index is 0.0676. The van der Waals surface area contributed by atoms with Gasteiger partial charge in [0.15, 0.2) is 5.06 Å². The third-order valence-electron chi connectivity index (χ3n) is 3.02. The molecular weight excluding hydrogens is 248 g/mol. The predicted molar refractivity (Wildman–Crippen MR) is 70.9 cm³/mol. The molecule has 0 saturated heterocycles. The van der Waals surface area contributed by atoms with Crippen LogP contribution in [0.2, 0.25) is 0 Å². The second-order valence-electron chi connectivity index (χ2n) is 4.33. The summed E-state index contributed by atoms with van der Waals surface area (Å²) in [5, 5.41) is 13.5. The topological polar surface area (TPSA) is 62.2 Å². The molecule has 1 aliphatic rings. The zero-order valence-electron chi connectivity index (χ0n) is 9.86. The molecule has 0 saturated carbocycles. The first kappa shape index (κ1) is 11.2. The smallest absolute Gasteiger partial charge is 0.224 e. The van der Waals surface area contributed by atoms with E-state index in [4.69, 9.17) is 0 Å². The standard InChI is InChI=1S/C13H12N2O2S/c1-7-13(17)18-12(14-7)9-2-4-10-8(6-9)3-5-11(16)15-10/h2,4,6,17H,3,5H2,1H3,(H,15,16). The summed E-state index contributed by atoms with van der Waals surface area (Å²) < 4.78 is 0. The van der Waals surface area contributed by atoms with Gasteiger partial charge >= 0.3 is 0 Å². The molecule has 0 atom stereocenters. The van der Waals surface area contributed by atoms with Crippen LogP contribution in [0.15, 0.2) is 18.2 Å². The number of nitrogens with zero attached hydrogens (tertiary/aromatic N) is 1. The Balaban J connectivity index is 2.02. The zero-order chi connectivity index (χ0) is 12.7. The van der Waals surface area contributed by atoms with Crippen LogP contribution in [-0.4, -0.2) is 16.0 Å². The van der Waals surface area contributed by atoms with Crippen molar-refractivity contribution in [3.63, 3.8) is 0 Å². The number of thiazole rings is 1. The highest BCUT2D eigenvalue weighted by atomic mass is 32.1. The molecule has 2 heterocycles. The van der Waals surface area contributed by atoms with Crippen molar-refractivity contribution in [2.75, 3.05) is 5.32 Å². The van der Waals surface area contributed by atoms with Gasteiger partial charge in [0.1, 0.15) is 5.01 Å². The van der Waals surface area contributed by atoms with E-state index in [1.165, 1.54) is 11.3 Å². The summed E-state index contributed by atoms with van der Waals surface area (Å²) in [6.07, 6.45) is 1.28. The van der Waals surface area contributed by atoms with Crippen LogP contribution >= 0.6 is 11.3 Å². The maximum Gasteiger partial charge on any atom is 0.224 e. The van der Waals surface area contributed by atoms with Crippen molar-refractivity contribution in [1.82, 2.24) is 4.98 Å². The van der Waals surface area contributed by atoms with Gasteiger partial charge in [-0.15, -0.1) is 0 Å². The molecule has 0 unspecified atom stereocenters. The van der Waals surface area contributed by atoms with Crippen LogP contribution in [0.5, 0.6) is 5.06 Å². The Morgan fingerprint density at radius 1 is 1.39 bits per heavy atom. The lowest BCUT2D eigenvalue weighted by molar-refractivity contribution is -0.116. The molecular formula is C13H12N2O2S. The van der Waals surface area contributed by atoms with Gasteiger partial charge in [0.05, 0.1) is 5.69 Å². The Morgan fingerprint density at radius 3 is 2.94 bits per heavy atom. The van der Waals surface area contributed by atoms with Crippen molar-refractivity contribution >= 4 is 22.9 Å². The molecule has 0 aliphatic carbocycles. The van der Waals surface area contributed by atoms with E-state index in [0.717, 1.165) is 28.2 Å². The van der Waals surface area contributed by atoms with E-state index in [9.17, 15) is 9.90 Å². The summed E-state index contributed by atoms with van der Waals surface area (Å²) >= 11 is 1.28. The molecule has 2 N–H and O–H groups in total. The first-order chi connectivity index (χ1) is 8.63. The van der Waals surface area contributed by atoms with Gasteiger partial charge in [-0.3, -0.25) is 4.79 Å². The van der Waals surface area contributed by atoms with Crippen LogP contribution < -0.4 is 5.32 Å². The summed E-state index contributed by atoms with van der Waals surface area (Å²) in [4.78, 5) is 15.6. The van der Waals surface area contributed by atoms with E-state index in [0.29, 0.717) is 12.1 Å². The number of nitrogens with one attached hydrogen (secondary N) is 1. The Kier molecular flexibility index (Phi) is 2.56. The average molecular weight is 260 g/mol. The third-order valence-corrected chi connectivity index (χ3v) is 4.03. The molecule has 4 nitrogen and oxygen atoms in total. The predicted octanol–water partition coefficient (Wildman–Crippen LogP) is 2.71. The minimum atomic E-state index is 0.0676. The number of benzene rings is 1. The molecule has 2 aromatic rings. The molecule has 0 radical (unpaired) electrons. The van der Waals surface area contributed by atoms with Crippen LogP contribution in [0.4, 0.5) is 5.69 Å². The normalized spacial score (nSPS) is 14.2. The Morgan fingerprint density at radius 2 is 2.22 bits per heavy atom. The molecule has 1 aliphatic heterocycles. The number of aromatic hydroxyl groups is 1. The van der Waals surface area contributed by atoms with E-state index in [-0.39, 0.29) is 11.0 Å². The number of hydrogen-bond acceptors (Lipinski definition) is 4. The fourth-order valence-corrected chi connectivity index (χ4v) is 2.83. The van der Waals surface area contributed by atoms with Gasteiger partial charge in [-0.1, -0.05) is 11.3 Å². The van der Waals surface area contributed by atoms with Crippen LogP contribution in [0, 0.1) is 6.92 Å². The first-order valence-electron chi connectivity index (χ1n) is 5.73. The molecule has 18 heavy (non-hydrogen) atoms. The quantitative estimate of drug-likeness (QED) is 0.828. The molecule has 92 valence electrons. The van der Waals surface area contributed by atoms with E-state index in [1.807, 2.05) is 18.2 Å². The summed E-state index contributed by atoms with van der Waals surface area (Å²) in [6, 6.07) is 5.85. The number of aryl methyl sites for hydroxylation is 2. The van der Waals surface area contributed by atoms with Gasteiger partial charge in [-0.2, -0.15) is 0 Å². The van der Waals surface area contributed by atoms with E-state index < -0.39 is 0 Å². The van der Waals surface area contributed by atoms with Crippen LogP contribution in [0.3, 0.4) is 0 Å². The molecule has 1 aromatic carbocycles. The van der Waals surface area contributed by atoms with Gasteiger partial charge < -0.3 is 10.4 Å². The van der Waals surface area contributed by atoms with Crippen molar-refractivity contribution < 1.29 is 9.90 Å². The first-order valence-corrected chi connectivity index (χ1v) is 6.54. The number of rotatable bonds is 1. The van der Waals surface area contributed by atoms with E-state index in [1.54, 1.807) is 6.92 Å². The molecule has 3 rings (SSSR count). The number of amides is 1. The fourth-order valence-electron chi connectivity index (χ4n) is 2.03. The highest BCUT2D eigenvalue weighted by Gasteiger charge is 2.16. The summed E-state index contributed by atoms with van der Waals surface area (Å²) in [6.45, 7) is 1.79. The molecule has 5 heteroatoms. The van der Waals surface area contributed by atoms with Gasteiger partial charge in [0.25, 0.3) is 0 Å². The monoisotopic (exact) mass is 260 g/mol. The third kappa shape index (κ3) is 1.86. The summed E-state index contributed by atoms with van der Waals surface area (Å²) in [5.41, 5.74) is 3.64. The molecule has 1 amide bonds. The lowest BCUT2D eigenvalue weighted by Gasteiger charge is -2.16. The molecule has 0 spiro atoms. The lowest BCUT2D eigenvalue weighted by Crippen LogP contribution is -2.18. The SMILES string of the molecule is Cc1nc(-c2ccc3c(c2)CCC(=O)N3)sc1O. The maximum absolute atomic E-state index is 11.3. The lowest BCUT2D eigenvalue weighted by atomic mass is 10.0. The number of aromatic nitrogens is 1. The van der Waals surface area contributed by atoms with E-state index >= 15 is 0 Å². The second-order valence-corrected chi connectivity index (χ2v) is 5.31. The summed E-state index contributed by atoms with van der Waals surface area (Å²) in [7, 11) is 0. The number of hydrogen-bond donors (Lipinski definition) is 2. The minimum Gasteiger partial charge on any atom is -0.498 e. The van der Waals surface area contributed by atoms with Gasteiger partial charge in [0, 0.05) is 17.7 Å². The van der Waals surface area contributed by atoms with Gasteiger partial charge in [-0.25, -0.2) is 4.98 Å². The second kappa shape index (κ2) is 4.10. The number of anilines is 1. The van der Waals surface area contributed by atoms with Gasteiger partial charge in [0.2, 0.25) is 5.91 Å². The van der Waals surface area contributed by atoms with Gasteiger partial charge in [-0.05, 0) is 37.1 Å². The van der Waals surface area contributed by atoms with Crippen molar-refractivity contribution in [3.05, 3.63) is 29.5 Å². The average Bonchev–Trinajstić information content (AvgIpc) is 2.69. The highest BCUT2D eigenvalue weighted by molar-refractivity contribution is 7.16. The van der Waals surface area contributed by atoms with Crippen LogP contribution in [0.1, 0.15) is 17.7 Å². The summed E-state index contributed by atoms with van der Waals surface area (Å²) in [5.74, 6) is 0.0676. The number of carbonyl (C=O) groups excluding carboxylic acids is 1. The Labute approximate surface area is 108 Å². The highest BCUT2D eigenvalue weighted by Crippen LogP contribution is 2.34. The molecule has 1 aromatic heterocycles. The fraction of sp³-hybridized carbons (Fsp3) is 0.231. The van der Waals surface area contributed by atoms with Crippen molar-refractivity contribution in [3.8, 4) is 15.6 Å². The number of carbonyl (C=O) groups is 1. The Hall–Kier alpha value is -1.88. The maximum atomic E-state index is 11.3. The van der Waals surface area contributed by atoms with E-state index in [2.05, 4.69) is 10.3 Å². The molecule has 0 bridgehead atoms. The number of fused-ring (bicyclic) bond motifs is 1. The van der Waals surface area contributed by atoms with Crippen LogP contribution in [0.25, 0.3) is 10.6 Å². The van der Waals surface area contributed by atoms with Crippen molar-refractivity contribution in [2.24, 2.45) is 0 Å². The van der Waals surface area contributed by atoms with Crippen LogP contribution in [-0.2, 0) is 11.2 Å². The largest absolute Gasteiger partial charge is 0.498 e. The van der Waals surface area contributed by atoms with Crippen molar-refractivity contribution in [2.45, 2.75) is 19.8 Å². The Bertz CT molecular complexity index is 614. The molecule has 0 fully saturated rings. The van der Waals surface area contributed by atoms with Crippen molar-refractivity contribution in [1.29, 1.82) is 0 Å². The zero-order valence-corrected chi connectivity index (χ0v) is 10.7.